The number of hydrogen-bond donors (Lipinski definition) is 1. The number of nitrogens with one attached hydrogen (secondary N) is 1. The van der Waals surface area contributed by atoms with E-state index in [1.807, 2.05) is 0 Å². The summed E-state index contributed by atoms with van der Waals surface area (Å²) in [7, 11) is 1.54. The van der Waals surface area contributed by atoms with E-state index < -0.39 is 23.1 Å². The molecule has 5 nitrogen and oxygen atoms in total. The van der Waals surface area contributed by atoms with Gasteiger partial charge in [-0.1, -0.05) is 15.9 Å². The van der Waals surface area contributed by atoms with Gasteiger partial charge in [0, 0.05) is 11.5 Å². The van der Waals surface area contributed by atoms with Crippen LogP contribution in [0.25, 0.3) is 0 Å². The summed E-state index contributed by atoms with van der Waals surface area (Å²) in [5.74, 6) is -2.74. The number of aromatic nitrogens is 3. The highest BCUT2D eigenvalue weighted by Crippen LogP contribution is 2.20. The molecule has 0 saturated carbocycles. The van der Waals surface area contributed by atoms with Gasteiger partial charge < -0.3 is 0 Å². The Bertz CT molecular complexity index is 591. The van der Waals surface area contributed by atoms with Gasteiger partial charge in [0.25, 0.3) is 5.91 Å². The molecule has 1 amide bonds. The van der Waals surface area contributed by atoms with Gasteiger partial charge in [0.1, 0.15) is 23.5 Å². The highest BCUT2D eigenvalue weighted by molar-refractivity contribution is 9.10. The maximum atomic E-state index is 13.5. The van der Waals surface area contributed by atoms with Crippen molar-refractivity contribution in [1.29, 1.82) is 0 Å². The third kappa shape index (κ3) is 2.37. The highest BCUT2D eigenvalue weighted by atomic mass is 79.9. The first-order valence-electron chi connectivity index (χ1n) is 4.79. The molecule has 0 saturated heterocycles. The Hall–Kier alpha value is -1.83. The molecule has 1 N–H and O–H groups in total. The van der Waals surface area contributed by atoms with E-state index in [9.17, 15) is 13.6 Å². The van der Waals surface area contributed by atoms with Crippen molar-refractivity contribution in [2.45, 2.75) is 0 Å². The molecular formula is C10H7BrF2N4O. The summed E-state index contributed by atoms with van der Waals surface area (Å²) in [4.78, 5) is 15.5. The minimum absolute atomic E-state index is 0.0988. The quantitative estimate of drug-likeness (QED) is 0.923. The number of rotatable bonds is 2. The Morgan fingerprint density at radius 1 is 1.39 bits per heavy atom. The molecule has 2 aromatic rings. The number of amides is 1. The van der Waals surface area contributed by atoms with Crippen LogP contribution in [0.2, 0.25) is 0 Å². The molecule has 0 bridgehead atoms. The standard InChI is InChI=1S/C10H7BrF2N4O/c1-17-10(14-4-15-17)16-9(18)8-6(12)2-5(11)3-7(8)13/h2-4H,1H3,(H,14,15,16,18). The summed E-state index contributed by atoms with van der Waals surface area (Å²) >= 11 is 2.93. The Kier molecular flexibility index (Phi) is 3.37. The lowest BCUT2D eigenvalue weighted by Crippen LogP contribution is -2.18. The second-order valence-corrected chi connectivity index (χ2v) is 4.32. The zero-order chi connectivity index (χ0) is 13.3. The molecule has 0 aliphatic heterocycles. The van der Waals surface area contributed by atoms with Crippen molar-refractivity contribution in [2.24, 2.45) is 7.05 Å². The molecule has 0 aliphatic rings. The monoisotopic (exact) mass is 316 g/mol. The predicted octanol–water partition coefficient (Wildman–Crippen LogP) is 2.11. The third-order valence-corrected chi connectivity index (χ3v) is 2.63. The molecule has 94 valence electrons. The Morgan fingerprint density at radius 3 is 2.50 bits per heavy atom. The number of aryl methyl sites for hydroxylation is 1. The molecule has 18 heavy (non-hydrogen) atoms. The van der Waals surface area contributed by atoms with E-state index in [0.29, 0.717) is 0 Å². The van der Waals surface area contributed by atoms with E-state index in [0.717, 1.165) is 12.1 Å². The number of benzene rings is 1. The van der Waals surface area contributed by atoms with Crippen LogP contribution in [0.3, 0.4) is 0 Å². The fourth-order valence-corrected chi connectivity index (χ4v) is 1.73. The van der Waals surface area contributed by atoms with E-state index in [1.54, 1.807) is 0 Å². The van der Waals surface area contributed by atoms with Gasteiger partial charge >= 0.3 is 0 Å². The molecular weight excluding hydrogens is 310 g/mol. The minimum atomic E-state index is -0.957. The lowest BCUT2D eigenvalue weighted by atomic mass is 10.2. The van der Waals surface area contributed by atoms with Crippen LogP contribution in [0.5, 0.6) is 0 Å². The highest BCUT2D eigenvalue weighted by Gasteiger charge is 2.19. The fraction of sp³-hybridized carbons (Fsp3) is 0.100. The molecule has 0 fully saturated rings. The molecule has 1 aromatic heterocycles. The van der Waals surface area contributed by atoms with E-state index in [1.165, 1.54) is 18.1 Å². The molecule has 1 aromatic carbocycles. The first kappa shape index (κ1) is 12.6. The van der Waals surface area contributed by atoms with Crippen LogP contribution in [-0.4, -0.2) is 20.7 Å². The van der Waals surface area contributed by atoms with Crippen LogP contribution in [0.4, 0.5) is 14.7 Å². The number of nitrogens with zero attached hydrogens (tertiary/aromatic N) is 3. The molecule has 1 heterocycles. The second kappa shape index (κ2) is 4.81. The van der Waals surface area contributed by atoms with E-state index in [2.05, 4.69) is 31.3 Å². The molecule has 8 heteroatoms. The largest absolute Gasteiger partial charge is 0.290 e. The van der Waals surface area contributed by atoms with Crippen molar-refractivity contribution < 1.29 is 13.6 Å². The van der Waals surface area contributed by atoms with Gasteiger partial charge in [-0.15, -0.1) is 0 Å². The van der Waals surface area contributed by atoms with Crippen LogP contribution >= 0.6 is 15.9 Å². The maximum Gasteiger partial charge on any atom is 0.263 e. The van der Waals surface area contributed by atoms with Crippen LogP contribution < -0.4 is 5.32 Å². The number of carbonyl (C=O) groups is 1. The summed E-state index contributed by atoms with van der Waals surface area (Å²) in [6, 6.07) is 2.02. The normalized spacial score (nSPS) is 10.4. The minimum Gasteiger partial charge on any atom is -0.290 e. The molecule has 0 atom stereocenters. The topological polar surface area (TPSA) is 59.8 Å². The zero-order valence-corrected chi connectivity index (χ0v) is 10.7. The van der Waals surface area contributed by atoms with Crippen LogP contribution in [0.1, 0.15) is 10.4 Å². The van der Waals surface area contributed by atoms with Crippen molar-refractivity contribution in [2.75, 3.05) is 5.32 Å². The molecule has 0 aliphatic carbocycles. The summed E-state index contributed by atoms with van der Waals surface area (Å²) in [5.41, 5.74) is -0.666. The van der Waals surface area contributed by atoms with Gasteiger partial charge in [-0.05, 0) is 12.1 Å². The van der Waals surface area contributed by atoms with Crippen molar-refractivity contribution in [1.82, 2.24) is 14.8 Å². The zero-order valence-electron chi connectivity index (χ0n) is 9.12. The average Bonchev–Trinajstić information content (AvgIpc) is 2.62. The van der Waals surface area contributed by atoms with Gasteiger partial charge in [-0.3, -0.25) is 10.1 Å². The molecule has 2 rings (SSSR count). The first-order valence-corrected chi connectivity index (χ1v) is 5.58. The maximum absolute atomic E-state index is 13.5. The predicted molar refractivity (Wildman–Crippen MR) is 63.0 cm³/mol. The van der Waals surface area contributed by atoms with Gasteiger partial charge in [0.05, 0.1) is 0 Å². The summed E-state index contributed by atoms with van der Waals surface area (Å²) in [6.45, 7) is 0. The van der Waals surface area contributed by atoms with Crippen LogP contribution in [-0.2, 0) is 7.05 Å². The number of anilines is 1. The second-order valence-electron chi connectivity index (χ2n) is 3.41. The van der Waals surface area contributed by atoms with Gasteiger partial charge in [0.15, 0.2) is 0 Å². The Morgan fingerprint density at radius 2 is 2.00 bits per heavy atom. The smallest absolute Gasteiger partial charge is 0.263 e. The van der Waals surface area contributed by atoms with Gasteiger partial charge in [-0.2, -0.15) is 10.1 Å². The molecule has 0 spiro atoms. The van der Waals surface area contributed by atoms with Gasteiger partial charge in [-0.25, -0.2) is 13.5 Å². The third-order valence-electron chi connectivity index (χ3n) is 2.17. The van der Waals surface area contributed by atoms with Crippen molar-refractivity contribution in [3.63, 3.8) is 0 Å². The SMILES string of the molecule is Cn1ncnc1NC(=O)c1c(F)cc(Br)cc1F. The van der Waals surface area contributed by atoms with E-state index >= 15 is 0 Å². The van der Waals surface area contributed by atoms with Crippen molar-refractivity contribution in [3.05, 3.63) is 40.1 Å². The lowest BCUT2D eigenvalue weighted by Gasteiger charge is -2.06. The number of hydrogen-bond acceptors (Lipinski definition) is 3. The molecule has 0 radical (unpaired) electrons. The lowest BCUT2D eigenvalue weighted by molar-refractivity contribution is 0.101. The molecule has 0 unspecified atom stereocenters. The Labute approximate surface area is 109 Å². The Balaban J connectivity index is 2.33. The van der Waals surface area contributed by atoms with Crippen molar-refractivity contribution in [3.8, 4) is 0 Å². The van der Waals surface area contributed by atoms with E-state index in [4.69, 9.17) is 0 Å². The average molecular weight is 317 g/mol. The van der Waals surface area contributed by atoms with Crippen molar-refractivity contribution >= 4 is 27.8 Å². The van der Waals surface area contributed by atoms with E-state index in [-0.39, 0.29) is 10.4 Å². The number of halogens is 3. The summed E-state index contributed by atoms with van der Waals surface area (Å²) < 4.78 is 28.5. The van der Waals surface area contributed by atoms with Gasteiger partial charge in [0.2, 0.25) is 5.95 Å². The van der Waals surface area contributed by atoms with Crippen LogP contribution in [0.15, 0.2) is 22.9 Å². The van der Waals surface area contributed by atoms with Crippen LogP contribution in [0, 0.1) is 11.6 Å². The number of carbonyl (C=O) groups excluding carboxylic acids is 1. The summed E-state index contributed by atoms with van der Waals surface area (Å²) in [6.07, 6.45) is 1.21. The fourth-order valence-electron chi connectivity index (χ4n) is 1.33. The summed E-state index contributed by atoms with van der Waals surface area (Å²) in [5, 5.41) is 5.98. The first-order chi connectivity index (χ1) is 8.49.